The molecule has 2 nitrogen and oxygen atoms in total. The van der Waals surface area contributed by atoms with Crippen molar-refractivity contribution in [3.8, 4) is 0 Å². The zero-order chi connectivity index (χ0) is 12.6. The molecule has 0 aliphatic heterocycles. The minimum atomic E-state index is -0.268. The lowest BCUT2D eigenvalue weighted by molar-refractivity contribution is 0.162. The Morgan fingerprint density at radius 2 is 1.94 bits per heavy atom. The van der Waals surface area contributed by atoms with Crippen molar-refractivity contribution in [2.45, 2.75) is 25.5 Å². The Bertz CT molecular complexity index is 427. The van der Waals surface area contributed by atoms with Crippen LogP contribution in [0.4, 0.5) is 0 Å². The van der Waals surface area contributed by atoms with E-state index in [1.54, 1.807) is 11.3 Å². The molecule has 3 heteroatoms. The van der Waals surface area contributed by atoms with E-state index in [4.69, 9.17) is 0 Å². The van der Waals surface area contributed by atoms with E-state index in [1.165, 1.54) is 10.4 Å². The number of aryl methyl sites for hydroxylation is 1. The highest BCUT2D eigenvalue weighted by molar-refractivity contribution is 7.09. The topological polar surface area (TPSA) is 32.3 Å². The van der Waals surface area contributed by atoms with E-state index in [0.717, 1.165) is 19.4 Å². The van der Waals surface area contributed by atoms with Crippen LogP contribution in [0.15, 0.2) is 47.8 Å². The molecule has 96 valence electrons. The Hall–Kier alpha value is -1.16. The first-order valence-corrected chi connectivity index (χ1v) is 7.17. The monoisotopic (exact) mass is 261 g/mol. The fourth-order valence-electron chi connectivity index (χ4n) is 1.84. The average Bonchev–Trinajstić information content (AvgIpc) is 2.91. The highest BCUT2D eigenvalue weighted by Crippen LogP contribution is 2.11. The van der Waals surface area contributed by atoms with Gasteiger partial charge in [-0.05, 0) is 29.9 Å². The van der Waals surface area contributed by atoms with Crippen molar-refractivity contribution in [1.82, 2.24) is 5.32 Å². The molecule has 2 N–H and O–H groups in total. The normalized spacial score (nSPS) is 12.5. The van der Waals surface area contributed by atoms with Crippen LogP contribution in [0.1, 0.15) is 16.9 Å². The Kier molecular flexibility index (Phi) is 5.39. The molecule has 2 aromatic rings. The number of nitrogens with one attached hydrogen (secondary N) is 1. The molecule has 18 heavy (non-hydrogen) atoms. The Morgan fingerprint density at radius 3 is 2.67 bits per heavy atom. The molecule has 0 amide bonds. The molecule has 1 aromatic heterocycles. The SMILES string of the molecule is O[C@H](CCc1cccs1)CNCc1ccccc1. The van der Waals surface area contributed by atoms with Crippen LogP contribution in [0.25, 0.3) is 0 Å². The fraction of sp³-hybridized carbons (Fsp3) is 0.333. The highest BCUT2D eigenvalue weighted by atomic mass is 32.1. The third-order valence-electron chi connectivity index (χ3n) is 2.86. The molecule has 1 aromatic carbocycles. The molecular formula is C15H19NOS. The zero-order valence-electron chi connectivity index (χ0n) is 10.4. The lowest BCUT2D eigenvalue weighted by Crippen LogP contribution is -2.26. The van der Waals surface area contributed by atoms with Crippen molar-refractivity contribution in [3.05, 3.63) is 58.3 Å². The lowest BCUT2D eigenvalue weighted by Gasteiger charge is -2.11. The van der Waals surface area contributed by atoms with Crippen LogP contribution in [-0.2, 0) is 13.0 Å². The molecular weight excluding hydrogens is 242 g/mol. The number of aliphatic hydroxyl groups excluding tert-OH is 1. The van der Waals surface area contributed by atoms with Crippen LogP contribution >= 0.6 is 11.3 Å². The second-order valence-electron chi connectivity index (χ2n) is 4.39. The van der Waals surface area contributed by atoms with Gasteiger partial charge in [0, 0.05) is 18.0 Å². The summed E-state index contributed by atoms with van der Waals surface area (Å²) in [6.45, 7) is 1.47. The largest absolute Gasteiger partial charge is 0.392 e. The van der Waals surface area contributed by atoms with Gasteiger partial charge in [-0.3, -0.25) is 0 Å². The first kappa shape index (κ1) is 13.3. The lowest BCUT2D eigenvalue weighted by atomic mass is 10.1. The predicted octanol–water partition coefficient (Wildman–Crippen LogP) is 2.83. The Morgan fingerprint density at radius 1 is 1.11 bits per heavy atom. The second kappa shape index (κ2) is 7.31. The molecule has 0 fully saturated rings. The van der Waals surface area contributed by atoms with Crippen LogP contribution in [0.2, 0.25) is 0 Å². The predicted molar refractivity (Wildman–Crippen MR) is 76.8 cm³/mol. The van der Waals surface area contributed by atoms with Gasteiger partial charge >= 0.3 is 0 Å². The van der Waals surface area contributed by atoms with E-state index < -0.39 is 0 Å². The van der Waals surface area contributed by atoms with Crippen LogP contribution < -0.4 is 5.32 Å². The van der Waals surface area contributed by atoms with E-state index in [2.05, 4.69) is 35.0 Å². The van der Waals surface area contributed by atoms with E-state index >= 15 is 0 Å². The number of aliphatic hydroxyl groups is 1. The van der Waals surface area contributed by atoms with Crippen molar-refractivity contribution in [2.75, 3.05) is 6.54 Å². The van der Waals surface area contributed by atoms with Gasteiger partial charge in [0.05, 0.1) is 6.10 Å². The van der Waals surface area contributed by atoms with Gasteiger partial charge in [0.15, 0.2) is 0 Å². The third kappa shape index (κ3) is 4.61. The summed E-state index contributed by atoms with van der Waals surface area (Å²) in [6, 6.07) is 14.4. The van der Waals surface area contributed by atoms with Gasteiger partial charge in [0.2, 0.25) is 0 Å². The molecule has 1 heterocycles. The summed E-state index contributed by atoms with van der Waals surface area (Å²) in [5, 5.41) is 15.2. The van der Waals surface area contributed by atoms with Crippen LogP contribution in [-0.4, -0.2) is 17.8 Å². The fourth-order valence-corrected chi connectivity index (χ4v) is 2.57. The van der Waals surface area contributed by atoms with Crippen molar-refractivity contribution in [3.63, 3.8) is 0 Å². The number of benzene rings is 1. The van der Waals surface area contributed by atoms with Crippen molar-refractivity contribution >= 4 is 11.3 Å². The van der Waals surface area contributed by atoms with E-state index in [-0.39, 0.29) is 6.10 Å². The van der Waals surface area contributed by atoms with Gasteiger partial charge < -0.3 is 10.4 Å². The molecule has 1 atom stereocenters. The molecule has 0 bridgehead atoms. The third-order valence-corrected chi connectivity index (χ3v) is 3.79. The summed E-state index contributed by atoms with van der Waals surface area (Å²) in [5.74, 6) is 0. The summed E-state index contributed by atoms with van der Waals surface area (Å²) in [6.07, 6.45) is 1.52. The van der Waals surface area contributed by atoms with Gasteiger partial charge in [-0.15, -0.1) is 11.3 Å². The molecule has 0 radical (unpaired) electrons. The van der Waals surface area contributed by atoms with Gasteiger partial charge in [0.1, 0.15) is 0 Å². The Balaban J connectivity index is 1.61. The van der Waals surface area contributed by atoms with E-state index in [1.807, 2.05) is 18.2 Å². The molecule has 0 unspecified atom stereocenters. The molecule has 2 rings (SSSR count). The first-order valence-electron chi connectivity index (χ1n) is 6.29. The summed E-state index contributed by atoms with van der Waals surface area (Å²) in [5.41, 5.74) is 1.25. The van der Waals surface area contributed by atoms with Gasteiger partial charge in [-0.1, -0.05) is 36.4 Å². The second-order valence-corrected chi connectivity index (χ2v) is 5.42. The minimum absolute atomic E-state index is 0.268. The average molecular weight is 261 g/mol. The summed E-state index contributed by atoms with van der Waals surface area (Å²) >= 11 is 1.75. The molecule has 0 saturated heterocycles. The smallest absolute Gasteiger partial charge is 0.0668 e. The minimum Gasteiger partial charge on any atom is -0.392 e. The maximum atomic E-state index is 9.87. The van der Waals surface area contributed by atoms with Gasteiger partial charge in [-0.2, -0.15) is 0 Å². The van der Waals surface area contributed by atoms with Crippen LogP contribution in [0.5, 0.6) is 0 Å². The van der Waals surface area contributed by atoms with Gasteiger partial charge in [-0.25, -0.2) is 0 Å². The summed E-state index contributed by atoms with van der Waals surface area (Å²) in [4.78, 5) is 1.34. The summed E-state index contributed by atoms with van der Waals surface area (Å²) in [7, 11) is 0. The van der Waals surface area contributed by atoms with Gasteiger partial charge in [0.25, 0.3) is 0 Å². The standard InChI is InChI=1S/C15H19NOS/c17-14(8-9-15-7-4-10-18-15)12-16-11-13-5-2-1-3-6-13/h1-7,10,14,16-17H,8-9,11-12H2/t14-/m1/s1. The van der Waals surface area contributed by atoms with Crippen molar-refractivity contribution in [1.29, 1.82) is 0 Å². The van der Waals surface area contributed by atoms with Crippen LogP contribution in [0, 0.1) is 0 Å². The van der Waals surface area contributed by atoms with E-state index in [0.29, 0.717) is 6.54 Å². The molecule has 0 aliphatic carbocycles. The maximum absolute atomic E-state index is 9.87. The number of hydrogen-bond acceptors (Lipinski definition) is 3. The quantitative estimate of drug-likeness (QED) is 0.803. The molecule has 0 saturated carbocycles. The molecule has 0 aliphatic rings. The van der Waals surface area contributed by atoms with E-state index in [9.17, 15) is 5.11 Å². The Labute approximate surface area is 112 Å². The highest BCUT2D eigenvalue weighted by Gasteiger charge is 2.04. The number of rotatable bonds is 7. The molecule has 0 spiro atoms. The zero-order valence-corrected chi connectivity index (χ0v) is 11.2. The number of hydrogen-bond donors (Lipinski definition) is 2. The first-order chi connectivity index (χ1) is 8.84. The number of thiophene rings is 1. The van der Waals surface area contributed by atoms with Crippen molar-refractivity contribution in [2.24, 2.45) is 0 Å². The van der Waals surface area contributed by atoms with Crippen LogP contribution in [0.3, 0.4) is 0 Å². The maximum Gasteiger partial charge on any atom is 0.0668 e. The van der Waals surface area contributed by atoms with Crippen molar-refractivity contribution < 1.29 is 5.11 Å². The summed E-state index contributed by atoms with van der Waals surface area (Å²) < 4.78 is 0.